The van der Waals surface area contributed by atoms with E-state index in [-0.39, 0.29) is 5.91 Å². The third-order valence-corrected chi connectivity index (χ3v) is 3.72. The van der Waals surface area contributed by atoms with E-state index in [1.165, 1.54) is 0 Å². The van der Waals surface area contributed by atoms with Gasteiger partial charge in [0.25, 0.3) is 0 Å². The highest BCUT2D eigenvalue weighted by atomic mass is 79.9. The lowest BCUT2D eigenvalue weighted by atomic mass is 10.1. The van der Waals surface area contributed by atoms with Crippen molar-refractivity contribution in [1.29, 1.82) is 0 Å². The molecule has 0 aromatic carbocycles. The lowest BCUT2D eigenvalue weighted by Gasteiger charge is -2.10. The minimum Gasteiger partial charge on any atom is -0.325 e. The molecule has 1 aromatic rings. The quantitative estimate of drug-likeness (QED) is 0.841. The number of nitrogens with one attached hydrogen (secondary N) is 2. The van der Waals surface area contributed by atoms with Gasteiger partial charge in [0.05, 0.1) is 11.9 Å². The summed E-state index contributed by atoms with van der Waals surface area (Å²) in [6, 6.07) is 2.25. The second-order valence-corrected chi connectivity index (χ2v) is 5.13. The Labute approximate surface area is 109 Å². The van der Waals surface area contributed by atoms with Gasteiger partial charge < -0.3 is 10.6 Å². The van der Waals surface area contributed by atoms with Gasteiger partial charge in [0.15, 0.2) is 0 Å². The van der Waals surface area contributed by atoms with Crippen molar-refractivity contribution in [2.75, 3.05) is 11.9 Å². The maximum absolute atomic E-state index is 11.8. The number of aryl methyl sites for hydroxylation is 1. The number of carbonyl (C=O) groups excluding carboxylic acids is 1. The van der Waals surface area contributed by atoms with Crippen molar-refractivity contribution < 1.29 is 4.79 Å². The van der Waals surface area contributed by atoms with Crippen LogP contribution in [0, 0.1) is 6.92 Å². The molecule has 1 aliphatic heterocycles. The van der Waals surface area contributed by atoms with E-state index < -0.39 is 0 Å². The molecular formula is C12H16BrN3O. The molecule has 0 saturated carbocycles. The number of pyridine rings is 1. The van der Waals surface area contributed by atoms with Crippen molar-refractivity contribution in [3.05, 3.63) is 22.4 Å². The van der Waals surface area contributed by atoms with Crippen molar-refractivity contribution in [3.63, 3.8) is 0 Å². The van der Waals surface area contributed by atoms with Crippen LogP contribution in [0.25, 0.3) is 0 Å². The SMILES string of the molecule is Cc1cc(NC(=O)CC2CCCN2)cnc1Br. The highest BCUT2D eigenvalue weighted by Crippen LogP contribution is 2.17. The Kier molecular flexibility index (Phi) is 4.12. The van der Waals surface area contributed by atoms with Crippen LogP contribution < -0.4 is 10.6 Å². The molecule has 1 aliphatic rings. The van der Waals surface area contributed by atoms with Crippen molar-refractivity contribution in [2.45, 2.75) is 32.2 Å². The summed E-state index contributed by atoms with van der Waals surface area (Å²) < 4.78 is 0.813. The Morgan fingerprint density at radius 3 is 3.18 bits per heavy atom. The average Bonchev–Trinajstić information content (AvgIpc) is 2.76. The molecule has 92 valence electrons. The van der Waals surface area contributed by atoms with Crippen LogP contribution in [-0.2, 0) is 4.79 Å². The van der Waals surface area contributed by atoms with Gasteiger partial charge in [0.1, 0.15) is 4.60 Å². The van der Waals surface area contributed by atoms with Crippen LogP contribution in [0.15, 0.2) is 16.9 Å². The smallest absolute Gasteiger partial charge is 0.225 e. The van der Waals surface area contributed by atoms with Crippen LogP contribution in [0.4, 0.5) is 5.69 Å². The summed E-state index contributed by atoms with van der Waals surface area (Å²) in [5.41, 5.74) is 1.77. The molecule has 2 N–H and O–H groups in total. The van der Waals surface area contributed by atoms with E-state index in [0.29, 0.717) is 12.5 Å². The van der Waals surface area contributed by atoms with Crippen LogP contribution >= 0.6 is 15.9 Å². The Morgan fingerprint density at radius 2 is 2.53 bits per heavy atom. The van der Waals surface area contributed by atoms with Gasteiger partial charge in [-0.3, -0.25) is 4.79 Å². The number of hydrogen-bond acceptors (Lipinski definition) is 3. The minimum absolute atomic E-state index is 0.0490. The number of nitrogens with zero attached hydrogens (tertiary/aromatic N) is 1. The molecule has 1 saturated heterocycles. The fourth-order valence-corrected chi connectivity index (χ4v) is 2.21. The zero-order valence-electron chi connectivity index (χ0n) is 9.79. The van der Waals surface area contributed by atoms with Crippen molar-refractivity contribution >= 4 is 27.5 Å². The normalized spacial score (nSPS) is 19.3. The molecule has 0 aliphatic carbocycles. The Bertz CT molecular complexity index is 416. The fourth-order valence-electron chi connectivity index (χ4n) is 1.99. The Balaban J connectivity index is 1.90. The highest BCUT2D eigenvalue weighted by Gasteiger charge is 2.17. The minimum atomic E-state index is 0.0490. The molecule has 0 radical (unpaired) electrons. The van der Waals surface area contributed by atoms with E-state index in [1.54, 1.807) is 6.20 Å². The summed E-state index contributed by atoms with van der Waals surface area (Å²) in [4.78, 5) is 15.9. The molecule has 2 rings (SSSR count). The standard InChI is InChI=1S/C12H16BrN3O/c1-8-5-10(7-15-12(8)13)16-11(17)6-9-3-2-4-14-9/h5,7,9,14H,2-4,6H2,1H3,(H,16,17). The summed E-state index contributed by atoms with van der Waals surface area (Å²) in [6.45, 7) is 2.97. The van der Waals surface area contributed by atoms with Crippen molar-refractivity contribution in [2.24, 2.45) is 0 Å². The van der Waals surface area contributed by atoms with Gasteiger partial charge in [-0.15, -0.1) is 0 Å². The third kappa shape index (κ3) is 3.51. The van der Waals surface area contributed by atoms with Crippen molar-refractivity contribution in [1.82, 2.24) is 10.3 Å². The highest BCUT2D eigenvalue weighted by molar-refractivity contribution is 9.10. The summed E-state index contributed by atoms with van der Waals surface area (Å²) in [5.74, 6) is 0.0490. The van der Waals surface area contributed by atoms with Gasteiger partial charge in [-0.1, -0.05) is 0 Å². The van der Waals surface area contributed by atoms with Gasteiger partial charge in [0, 0.05) is 12.5 Å². The number of hydrogen-bond donors (Lipinski definition) is 2. The predicted molar refractivity (Wildman–Crippen MR) is 70.9 cm³/mol. The summed E-state index contributed by atoms with van der Waals surface area (Å²) in [7, 11) is 0. The van der Waals surface area contributed by atoms with Gasteiger partial charge in [-0.05, 0) is 53.9 Å². The molecule has 1 fully saturated rings. The number of aromatic nitrogens is 1. The van der Waals surface area contributed by atoms with Crippen molar-refractivity contribution in [3.8, 4) is 0 Å². The average molecular weight is 298 g/mol. The van der Waals surface area contributed by atoms with Gasteiger partial charge in [-0.25, -0.2) is 4.98 Å². The zero-order chi connectivity index (χ0) is 12.3. The third-order valence-electron chi connectivity index (χ3n) is 2.89. The molecular weight excluding hydrogens is 282 g/mol. The van der Waals surface area contributed by atoms with E-state index in [4.69, 9.17) is 0 Å². The van der Waals surface area contributed by atoms with Crippen LogP contribution in [0.5, 0.6) is 0 Å². The molecule has 17 heavy (non-hydrogen) atoms. The maximum atomic E-state index is 11.8. The van der Waals surface area contributed by atoms with Crippen LogP contribution in [0.1, 0.15) is 24.8 Å². The van der Waals surface area contributed by atoms with Crippen LogP contribution in [0.2, 0.25) is 0 Å². The van der Waals surface area contributed by atoms with Gasteiger partial charge >= 0.3 is 0 Å². The summed E-state index contributed by atoms with van der Waals surface area (Å²) in [6.07, 6.45) is 4.45. The Hall–Kier alpha value is -0.940. The largest absolute Gasteiger partial charge is 0.325 e. The summed E-state index contributed by atoms with van der Waals surface area (Å²) >= 11 is 3.33. The predicted octanol–water partition coefficient (Wildman–Crippen LogP) is 2.23. The maximum Gasteiger partial charge on any atom is 0.225 e. The van der Waals surface area contributed by atoms with Crippen LogP contribution in [0.3, 0.4) is 0 Å². The first-order valence-electron chi connectivity index (χ1n) is 5.80. The number of anilines is 1. The van der Waals surface area contributed by atoms with Crippen LogP contribution in [-0.4, -0.2) is 23.5 Å². The molecule has 1 atom stereocenters. The molecule has 1 unspecified atom stereocenters. The molecule has 1 aromatic heterocycles. The lowest BCUT2D eigenvalue weighted by Crippen LogP contribution is -2.27. The fraction of sp³-hybridized carbons (Fsp3) is 0.500. The first kappa shape index (κ1) is 12.5. The van der Waals surface area contributed by atoms with E-state index in [2.05, 4.69) is 31.5 Å². The zero-order valence-corrected chi connectivity index (χ0v) is 11.4. The number of halogens is 1. The number of rotatable bonds is 3. The van der Waals surface area contributed by atoms with Gasteiger partial charge in [0.2, 0.25) is 5.91 Å². The lowest BCUT2D eigenvalue weighted by molar-refractivity contribution is -0.116. The molecule has 5 heteroatoms. The van der Waals surface area contributed by atoms with E-state index >= 15 is 0 Å². The molecule has 0 spiro atoms. The van der Waals surface area contributed by atoms with E-state index in [9.17, 15) is 4.79 Å². The first-order valence-corrected chi connectivity index (χ1v) is 6.60. The molecule has 2 heterocycles. The summed E-state index contributed by atoms with van der Waals surface area (Å²) in [5, 5.41) is 6.18. The number of amides is 1. The second-order valence-electron chi connectivity index (χ2n) is 4.38. The first-order chi connectivity index (χ1) is 8.15. The topological polar surface area (TPSA) is 54.0 Å². The van der Waals surface area contributed by atoms with E-state index in [0.717, 1.165) is 35.2 Å². The van der Waals surface area contributed by atoms with Gasteiger partial charge in [-0.2, -0.15) is 0 Å². The molecule has 0 bridgehead atoms. The second kappa shape index (κ2) is 5.60. The van der Waals surface area contributed by atoms with E-state index in [1.807, 2.05) is 13.0 Å². The molecule has 1 amide bonds. The monoisotopic (exact) mass is 297 g/mol. The Morgan fingerprint density at radius 1 is 1.71 bits per heavy atom. The molecule has 4 nitrogen and oxygen atoms in total. The number of carbonyl (C=O) groups is 1.